The summed E-state index contributed by atoms with van der Waals surface area (Å²) in [5.74, 6) is 0.183. The molecule has 0 radical (unpaired) electrons. The van der Waals surface area contributed by atoms with Crippen LogP contribution in [0, 0.1) is 6.92 Å². The number of phenols is 1. The Balaban J connectivity index is 3.17. The molecule has 0 aromatic heterocycles. The lowest BCUT2D eigenvalue weighted by molar-refractivity contribution is 0.466. The third-order valence-corrected chi connectivity index (χ3v) is 1.97. The van der Waals surface area contributed by atoms with E-state index in [4.69, 9.17) is 23.2 Å². The van der Waals surface area contributed by atoms with E-state index in [-0.39, 0.29) is 5.75 Å². The largest absolute Gasteiger partial charge is 0.507 e. The molecule has 0 heterocycles. The average molecular weight is 191 g/mol. The summed E-state index contributed by atoms with van der Waals surface area (Å²) in [5.41, 5.74) is 1.35. The maximum Gasteiger partial charge on any atom is 0.136 e. The molecule has 0 unspecified atom stereocenters. The molecule has 1 nitrogen and oxygen atoms in total. The Morgan fingerprint density at radius 2 is 2.00 bits per heavy atom. The molecule has 0 aliphatic rings. The number of benzene rings is 1. The molecular weight excluding hydrogens is 183 g/mol. The maximum atomic E-state index is 9.40. The van der Waals surface area contributed by atoms with E-state index < -0.39 is 4.84 Å². The minimum absolute atomic E-state index is 0.183. The maximum absolute atomic E-state index is 9.40. The number of rotatable bonds is 1. The van der Waals surface area contributed by atoms with Crippen molar-refractivity contribution >= 4 is 23.2 Å². The number of aryl methyl sites for hydroxylation is 1. The summed E-state index contributed by atoms with van der Waals surface area (Å²) in [4.78, 5) is -0.658. The quantitative estimate of drug-likeness (QED) is 0.676. The van der Waals surface area contributed by atoms with Gasteiger partial charge in [-0.25, -0.2) is 0 Å². The third-order valence-electron chi connectivity index (χ3n) is 1.50. The van der Waals surface area contributed by atoms with Crippen molar-refractivity contribution in [3.05, 3.63) is 29.3 Å². The fraction of sp³-hybridized carbons (Fsp3) is 0.250. The summed E-state index contributed by atoms with van der Waals surface area (Å²) < 4.78 is 0. The molecule has 1 aromatic carbocycles. The average Bonchev–Trinajstić information content (AvgIpc) is 1.94. The lowest BCUT2D eigenvalue weighted by atomic mass is 10.1. The molecule has 60 valence electrons. The monoisotopic (exact) mass is 190 g/mol. The molecule has 0 aliphatic heterocycles. The molecule has 0 fully saturated rings. The standard InChI is InChI=1S/C8H8Cl2O/c1-5-3-2-4-6(7(5)11)8(9)10/h2-4,8,11H,1H3. The van der Waals surface area contributed by atoms with E-state index in [0.29, 0.717) is 5.56 Å². The van der Waals surface area contributed by atoms with Crippen LogP contribution in [-0.2, 0) is 0 Å². The van der Waals surface area contributed by atoms with Crippen LogP contribution in [0.4, 0.5) is 0 Å². The summed E-state index contributed by atoms with van der Waals surface area (Å²) in [6.07, 6.45) is 0. The fourth-order valence-corrected chi connectivity index (χ4v) is 1.21. The Kier molecular flexibility index (Phi) is 2.63. The van der Waals surface area contributed by atoms with Crippen LogP contribution in [0.15, 0.2) is 18.2 Å². The minimum Gasteiger partial charge on any atom is -0.507 e. The van der Waals surface area contributed by atoms with Crippen molar-refractivity contribution in [3.63, 3.8) is 0 Å². The Morgan fingerprint density at radius 3 is 2.45 bits per heavy atom. The number of hydrogen-bond acceptors (Lipinski definition) is 1. The zero-order valence-corrected chi connectivity index (χ0v) is 7.52. The Labute approximate surface area is 75.6 Å². The highest BCUT2D eigenvalue weighted by molar-refractivity contribution is 6.44. The van der Waals surface area contributed by atoms with Gasteiger partial charge < -0.3 is 5.11 Å². The summed E-state index contributed by atoms with van der Waals surface area (Å²) in [6.45, 7) is 1.80. The van der Waals surface area contributed by atoms with Crippen molar-refractivity contribution in [3.8, 4) is 5.75 Å². The van der Waals surface area contributed by atoms with Crippen molar-refractivity contribution in [1.82, 2.24) is 0 Å². The normalized spacial score (nSPS) is 10.5. The second kappa shape index (κ2) is 3.33. The first kappa shape index (κ1) is 8.69. The van der Waals surface area contributed by atoms with Gasteiger partial charge in [-0.05, 0) is 12.5 Å². The van der Waals surface area contributed by atoms with Crippen LogP contribution in [0.5, 0.6) is 5.75 Å². The number of phenolic OH excluding ortho intramolecular Hbond substituents is 1. The molecule has 11 heavy (non-hydrogen) atoms. The topological polar surface area (TPSA) is 20.2 Å². The molecule has 0 spiro atoms. The van der Waals surface area contributed by atoms with Gasteiger partial charge in [-0.2, -0.15) is 0 Å². The molecule has 0 amide bonds. The van der Waals surface area contributed by atoms with Crippen molar-refractivity contribution < 1.29 is 5.11 Å². The molecule has 1 aromatic rings. The first-order chi connectivity index (χ1) is 5.13. The third kappa shape index (κ3) is 1.79. The molecule has 3 heteroatoms. The van der Waals surface area contributed by atoms with Crippen molar-refractivity contribution in [2.24, 2.45) is 0 Å². The van der Waals surface area contributed by atoms with Crippen molar-refractivity contribution in [2.45, 2.75) is 11.8 Å². The van der Waals surface area contributed by atoms with Crippen molar-refractivity contribution in [2.75, 3.05) is 0 Å². The first-order valence-corrected chi connectivity index (χ1v) is 4.07. The highest BCUT2D eigenvalue weighted by Gasteiger charge is 2.09. The molecular formula is C8H8Cl2O. The number of aromatic hydroxyl groups is 1. The second-order valence-corrected chi connectivity index (χ2v) is 3.41. The van der Waals surface area contributed by atoms with E-state index in [0.717, 1.165) is 5.56 Å². The van der Waals surface area contributed by atoms with Gasteiger partial charge in [-0.3, -0.25) is 0 Å². The highest BCUT2D eigenvalue weighted by atomic mass is 35.5. The predicted molar refractivity (Wildman–Crippen MR) is 47.3 cm³/mol. The Bertz CT molecular complexity index is 258. The summed E-state index contributed by atoms with van der Waals surface area (Å²) in [7, 11) is 0. The number of para-hydroxylation sites is 1. The Hall–Kier alpha value is -0.400. The summed E-state index contributed by atoms with van der Waals surface area (Å²) in [5, 5.41) is 9.40. The molecule has 0 atom stereocenters. The van der Waals surface area contributed by atoms with E-state index in [2.05, 4.69) is 0 Å². The SMILES string of the molecule is Cc1cccc(C(Cl)Cl)c1O. The number of hydrogen-bond donors (Lipinski definition) is 1. The first-order valence-electron chi connectivity index (χ1n) is 3.19. The smallest absolute Gasteiger partial charge is 0.136 e. The molecule has 0 saturated carbocycles. The van der Waals surface area contributed by atoms with Gasteiger partial charge in [0.25, 0.3) is 0 Å². The Morgan fingerprint density at radius 1 is 1.36 bits per heavy atom. The van der Waals surface area contributed by atoms with Crippen LogP contribution in [0.25, 0.3) is 0 Å². The van der Waals surface area contributed by atoms with E-state index in [9.17, 15) is 5.11 Å². The van der Waals surface area contributed by atoms with Gasteiger partial charge in [0, 0.05) is 5.56 Å². The van der Waals surface area contributed by atoms with Crippen LogP contribution >= 0.6 is 23.2 Å². The highest BCUT2D eigenvalue weighted by Crippen LogP contribution is 2.33. The fourth-order valence-electron chi connectivity index (χ4n) is 0.858. The van der Waals surface area contributed by atoms with Gasteiger partial charge in [0.2, 0.25) is 0 Å². The van der Waals surface area contributed by atoms with Crippen LogP contribution < -0.4 is 0 Å². The zero-order chi connectivity index (χ0) is 8.43. The van der Waals surface area contributed by atoms with Crippen LogP contribution in [-0.4, -0.2) is 5.11 Å². The molecule has 1 N–H and O–H groups in total. The lowest BCUT2D eigenvalue weighted by Gasteiger charge is -2.06. The minimum atomic E-state index is -0.658. The van der Waals surface area contributed by atoms with Gasteiger partial charge in [-0.15, -0.1) is 0 Å². The van der Waals surface area contributed by atoms with Crippen molar-refractivity contribution in [1.29, 1.82) is 0 Å². The summed E-state index contributed by atoms with van der Waals surface area (Å²) in [6, 6.07) is 5.31. The number of alkyl halides is 2. The molecule has 0 saturated heterocycles. The van der Waals surface area contributed by atoms with E-state index >= 15 is 0 Å². The second-order valence-electron chi connectivity index (χ2n) is 2.31. The van der Waals surface area contributed by atoms with Gasteiger partial charge in [0.05, 0.1) is 0 Å². The lowest BCUT2D eigenvalue weighted by Crippen LogP contribution is -1.84. The molecule has 1 rings (SSSR count). The molecule has 0 bridgehead atoms. The van der Waals surface area contributed by atoms with Crippen LogP contribution in [0.1, 0.15) is 16.0 Å². The number of halogens is 2. The van der Waals surface area contributed by atoms with Crippen LogP contribution in [0.2, 0.25) is 0 Å². The van der Waals surface area contributed by atoms with Gasteiger partial charge in [0.15, 0.2) is 0 Å². The van der Waals surface area contributed by atoms with Crippen LogP contribution in [0.3, 0.4) is 0 Å². The van der Waals surface area contributed by atoms with E-state index in [1.54, 1.807) is 19.1 Å². The zero-order valence-electron chi connectivity index (χ0n) is 6.01. The van der Waals surface area contributed by atoms with E-state index in [1.807, 2.05) is 6.07 Å². The van der Waals surface area contributed by atoms with E-state index in [1.165, 1.54) is 0 Å². The predicted octanol–water partition coefficient (Wildman–Crippen LogP) is 3.18. The van der Waals surface area contributed by atoms with Gasteiger partial charge in [-0.1, -0.05) is 41.4 Å². The molecule has 0 aliphatic carbocycles. The summed E-state index contributed by atoms with van der Waals surface area (Å²) >= 11 is 11.2. The van der Waals surface area contributed by atoms with Gasteiger partial charge >= 0.3 is 0 Å². The van der Waals surface area contributed by atoms with Gasteiger partial charge in [0.1, 0.15) is 10.6 Å².